The van der Waals surface area contributed by atoms with Crippen LogP contribution < -0.4 is 0 Å². The van der Waals surface area contributed by atoms with Crippen molar-refractivity contribution in [3.8, 4) is 11.8 Å². The van der Waals surface area contributed by atoms with E-state index in [1.807, 2.05) is 31.3 Å². The largest absolute Gasteiger partial charge is 0.384 e. The standard InChI is InChI=1S/C16H19NO2/c1-17(16(19)11-14-6-7-14)12-15-8-4-13(5-9-15)3-2-10-18/h4-5,8-9,14,18H,6-7,10-12H2,1H3. The lowest BCUT2D eigenvalue weighted by Gasteiger charge is -2.17. The number of rotatable bonds is 4. The smallest absolute Gasteiger partial charge is 0.222 e. The number of hydrogen-bond acceptors (Lipinski definition) is 2. The highest BCUT2D eigenvalue weighted by Gasteiger charge is 2.25. The highest BCUT2D eigenvalue weighted by molar-refractivity contribution is 5.76. The number of aliphatic hydroxyl groups is 1. The molecule has 0 aliphatic heterocycles. The average Bonchev–Trinajstić information content (AvgIpc) is 3.22. The van der Waals surface area contributed by atoms with Gasteiger partial charge in [0.1, 0.15) is 6.61 Å². The monoisotopic (exact) mass is 257 g/mol. The third kappa shape index (κ3) is 4.42. The SMILES string of the molecule is CN(Cc1ccc(C#CCO)cc1)C(=O)CC1CC1. The molecule has 1 N–H and O–H groups in total. The Bertz CT molecular complexity index is 492. The highest BCUT2D eigenvalue weighted by atomic mass is 16.2. The summed E-state index contributed by atoms with van der Waals surface area (Å²) < 4.78 is 0. The van der Waals surface area contributed by atoms with Gasteiger partial charge in [0.05, 0.1) is 0 Å². The zero-order valence-corrected chi connectivity index (χ0v) is 11.2. The van der Waals surface area contributed by atoms with Gasteiger partial charge in [0.25, 0.3) is 0 Å². The van der Waals surface area contributed by atoms with Gasteiger partial charge < -0.3 is 10.0 Å². The number of aliphatic hydroxyl groups excluding tert-OH is 1. The van der Waals surface area contributed by atoms with Crippen LogP contribution in [-0.4, -0.2) is 29.6 Å². The Hall–Kier alpha value is -1.79. The molecular formula is C16H19NO2. The maximum atomic E-state index is 11.9. The fourth-order valence-corrected chi connectivity index (χ4v) is 1.92. The molecule has 0 heterocycles. The minimum Gasteiger partial charge on any atom is -0.384 e. The molecule has 1 aromatic rings. The molecule has 19 heavy (non-hydrogen) atoms. The molecular weight excluding hydrogens is 238 g/mol. The first-order valence-corrected chi connectivity index (χ1v) is 6.61. The van der Waals surface area contributed by atoms with Crippen molar-refractivity contribution >= 4 is 5.91 Å². The van der Waals surface area contributed by atoms with Crippen molar-refractivity contribution in [3.63, 3.8) is 0 Å². The second kappa shape index (κ2) is 6.40. The Morgan fingerprint density at radius 2 is 2.05 bits per heavy atom. The van der Waals surface area contributed by atoms with Crippen molar-refractivity contribution < 1.29 is 9.90 Å². The topological polar surface area (TPSA) is 40.5 Å². The van der Waals surface area contributed by atoms with Crippen LogP contribution in [0.4, 0.5) is 0 Å². The van der Waals surface area contributed by atoms with Crippen LogP contribution in [0.2, 0.25) is 0 Å². The summed E-state index contributed by atoms with van der Waals surface area (Å²) >= 11 is 0. The summed E-state index contributed by atoms with van der Waals surface area (Å²) in [7, 11) is 1.85. The summed E-state index contributed by atoms with van der Waals surface area (Å²) in [5.41, 5.74) is 1.98. The maximum absolute atomic E-state index is 11.9. The van der Waals surface area contributed by atoms with Gasteiger partial charge in [0, 0.05) is 25.6 Å². The number of benzene rings is 1. The van der Waals surface area contributed by atoms with E-state index in [-0.39, 0.29) is 12.5 Å². The number of amides is 1. The zero-order valence-electron chi connectivity index (χ0n) is 11.2. The Labute approximate surface area is 114 Å². The molecule has 0 bridgehead atoms. The van der Waals surface area contributed by atoms with Crippen molar-refractivity contribution in [3.05, 3.63) is 35.4 Å². The van der Waals surface area contributed by atoms with Crippen LogP contribution in [0.5, 0.6) is 0 Å². The fraction of sp³-hybridized carbons (Fsp3) is 0.438. The van der Waals surface area contributed by atoms with Gasteiger partial charge in [-0.05, 0) is 36.5 Å². The summed E-state index contributed by atoms with van der Waals surface area (Å²) in [4.78, 5) is 13.7. The lowest BCUT2D eigenvalue weighted by Crippen LogP contribution is -2.26. The van der Waals surface area contributed by atoms with Crippen molar-refractivity contribution in [2.45, 2.75) is 25.8 Å². The maximum Gasteiger partial charge on any atom is 0.222 e. The van der Waals surface area contributed by atoms with E-state index in [4.69, 9.17) is 5.11 Å². The van der Waals surface area contributed by atoms with Crippen LogP contribution >= 0.6 is 0 Å². The van der Waals surface area contributed by atoms with Gasteiger partial charge >= 0.3 is 0 Å². The Balaban J connectivity index is 1.89. The molecule has 1 amide bonds. The molecule has 2 rings (SSSR count). The van der Waals surface area contributed by atoms with Gasteiger partial charge in [-0.25, -0.2) is 0 Å². The molecule has 0 spiro atoms. The van der Waals surface area contributed by atoms with E-state index in [2.05, 4.69) is 11.8 Å². The van der Waals surface area contributed by atoms with E-state index in [0.29, 0.717) is 18.9 Å². The second-order valence-electron chi connectivity index (χ2n) is 5.05. The predicted molar refractivity (Wildman–Crippen MR) is 74.2 cm³/mol. The van der Waals surface area contributed by atoms with Gasteiger partial charge in [0.15, 0.2) is 0 Å². The van der Waals surface area contributed by atoms with Crippen molar-refractivity contribution in [2.75, 3.05) is 13.7 Å². The van der Waals surface area contributed by atoms with Gasteiger partial charge in [-0.15, -0.1) is 0 Å². The first kappa shape index (κ1) is 13.6. The molecule has 1 saturated carbocycles. The minimum atomic E-state index is -0.125. The second-order valence-corrected chi connectivity index (χ2v) is 5.05. The predicted octanol–water partition coefficient (Wildman–Crippen LogP) is 1.79. The molecule has 3 heteroatoms. The first-order valence-electron chi connectivity index (χ1n) is 6.61. The van der Waals surface area contributed by atoms with E-state index in [1.165, 1.54) is 12.8 Å². The summed E-state index contributed by atoms with van der Waals surface area (Å²) in [5, 5.41) is 8.62. The molecule has 3 nitrogen and oxygen atoms in total. The zero-order chi connectivity index (χ0) is 13.7. The molecule has 1 fully saturated rings. The Morgan fingerprint density at radius 3 is 2.63 bits per heavy atom. The third-order valence-corrected chi connectivity index (χ3v) is 3.27. The van der Waals surface area contributed by atoms with Gasteiger partial charge in [-0.3, -0.25) is 4.79 Å². The van der Waals surface area contributed by atoms with Gasteiger partial charge in [-0.1, -0.05) is 24.0 Å². The number of carbonyl (C=O) groups excluding carboxylic acids is 1. The fourth-order valence-electron chi connectivity index (χ4n) is 1.92. The average molecular weight is 257 g/mol. The summed E-state index contributed by atoms with van der Waals surface area (Å²) in [6.45, 7) is 0.513. The summed E-state index contributed by atoms with van der Waals surface area (Å²) in [6, 6.07) is 7.78. The van der Waals surface area contributed by atoms with E-state index in [0.717, 1.165) is 11.1 Å². The molecule has 1 aliphatic carbocycles. The molecule has 100 valence electrons. The van der Waals surface area contributed by atoms with Crippen LogP contribution in [-0.2, 0) is 11.3 Å². The molecule has 0 atom stereocenters. The molecule has 0 radical (unpaired) electrons. The van der Waals surface area contributed by atoms with Crippen molar-refractivity contribution in [2.24, 2.45) is 5.92 Å². The Morgan fingerprint density at radius 1 is 1.37 bits per heavy atom. The minimum absolute atomic E-state index is 0.125. The molecule has 0 unspecified atom stereocenters. The Kier molecular flexibility index (Phi) is 4.59. The van der Waals surface area contributed by atoms with Crippen molar-refractivity contribution in [1.29, 1.82) is 0 Å². The number of nitrogens with zero attached hydrogens (tertiary/aromatic N) is 1. The van der Waals surface area contributed by atoms with E-state index in [9.17, 15) is 4.79 Å². The molecule has 0 aromatic heterocycles. The normalized spacial score (nSPS) is 13.6. The van der Waals surface area contributed by atoms with Crippen LogP contribution in [0.1, 0.15) is 30.4 Å². The van der Waals surface area contributed by atoms with Crippen LogP contribution in [0.25, 0.3) is 0 Å². The van der Waals surface area contributed by atoms with Gasteiger partial charge in [0.2, 0.25) is 5.91 Å². The number of carbonyl (C=O) groups is 1. The number of hydrogen-bond donors (Lipinski definition) is 1. The van der Waals surface area contributed by atoms with Crippen LogP contribution in [0.3, 0.4) is 0 Å². The summed E-state index contributed by atoms with van der Waals surface area (Å²) in [5.74, 6) is 6.32. The molecule has 1 aliphatic rings. The van der Waals surface area contributed by atoms with E-state index < -0.39 is 0 Å². The molecule has 1 aromatic carbocycles. The lowest BCUT2D eigenvalue weighted by atomic mass is 10.1. The third-order valence-electron chi connectivity index (χ3n) is 3.27. The quantitative estimate of drug-likeness (QED) is 0.835. The van der Waals surface area contributed by atoms with Gasteiger partial charge in [-0.2, -0.15) is 0 Å². The molecule has 0 saturated heterocycles. The van der Waals surface area contributed by atoms with E-state index >= 15 is 0 Å². The highest BCUT2D eigenvalue weighted by Crippen LogP contribution is 2.32. The lowest BCUT2D eigenvalue weighted by molar-refractivity contribution is -0.130. The van der Waals surface area contributed by atoms with Crippen molar-refractivity contribution in [1.82, 2.24) is 4.90 Å². The van der Waals surface area contributed by atoms with E-state index in [1.54, 1.807) is 4.90 Å². The van der Waals surface area contributed by atoms with Crippen LogP contribution in [0.15, 0.2) is 24.3 Å². The van der Waals surface area contributed by atoms with Crippen LogP contribution in [0, 0.1) is 17.8 Å². The summed E-state index contributed by atoms with van der Waals surface area (Å²) in [6.07, 6.45) is 3.10. The first-order chi connectivity index (χ1) is 9.19.